The van der Waals surface area contributed by atoms with Gasteiger partial charge < -0.3 is 15.4 Å². The van der Waals surface area contributed by atoms with Crippen molar-refractivity contribution in [2.24, 2.45) is 0 Å². The molecule has 0 saturated carbocycles. The van der Waals surface area contributed by atoms with Crippen LogP contribution in [0.3, 0.4) is 0 Å². The second-order valence-electron chi connectivity index (χ2n) is 5.98. The first kappa shape index (κ1) is 19.2. The van der Waals surface area contributed by atoms with Gasteiger partial charge in [0.05, 0.1) is 16.7 Å². The number of pyridine rings is 1. The van der Waals surface area contributed by atoms with Crippen molar-refractivity contribution in [2.45, 2.75) is 13.0 Å². The summed E-state index contributed by atoms with van der Waals surface area (Å²) in [5.74, 6) is 1.52. The van der Waals surface area contributed by atoms with E-state index >= 15 is 0 Å². The summed E-state index contributed by atoms with van der Waals surface area (Å²) < 4.78 is 5.74. The zero-order chi connectivity index (χ0) is 19.9. The molecule has 0 fully saturated rings. The predicted octanol–water partition coefficient (Wildman–Crippen LogP) is 4.84. The molecule has 3 aromatic rings. The van der Waals surface area contributed by atoms with Crippen LogP contribution >= 0.6 is 11.6 Å². The number of hydrogen-bond acceptors (Lipinski definition) is 5. The average molecular weight is 393 g/mol. The maximum Gasteiger partial charge on any atom is 0.247 e. The van der Waals surface area contributed by atoms with Gasteiger partial charge in [-0.25, -0.2) is 4.98 Å². The maximum atomic E-state index is 12.3. The number of benzene rings is 2. The van der Waals surface area contributed by atoms with Crippen molar-refractivity contribution in [1.29, 1.82) is 5.26 Å². The highest BCUT2D eigenvalue weighted by Crippen LogP contribution is 2.23. The van der Waals surface area contributed by atoms with E-state index in [1.54, 1.807) is 55.5 Å². The van der Waals surface area contributed by atoms with Gasteiger partial charge in [-0.05, 0) is 67.6 Å². The van der Waals surface area contributed by atoms with Gasteiger partial charge in [0, 0.05) is 11.9 Å². The quantitative estimate of drug-likeness (QED) is 0.626. The van der Waals surface area contributed by atoms with Crippen molar-refractivity contribution >= 4 is 29.0 Å². The number of carbonyl (C=O) groups is 1. The van der Waals surface area contributed by atoms with Crippen LogP contribution in [0, 0.1) is 11.3 Å². The van der Waals surface area contributed by atoms with Crippen LogP contribution in [0.4, 0.5) is 11.5 Å². The molecule has 0 aliphatic rings. The number of aromatic nitrogens is 1. The van der Waals surface area contributed by atoms with E-state index in [4.69, 9.17) is 21.6 Å². The van der Waals surface area contributed by atoms with Crippen LogP contribution in [-0.2, 0) is 4.79 Å². The molecule has 0 aliphatic carbocycles. The third kappa shape index (κ3) is 5.22. The van der Waals surface area contributed by atoms with Crippen molar-refractivity contribution in [3.63, 3.8) is 0 Å². The van der Waals surface area contributed by atoms with Crippen LogP contribution < -0.4 is 15.4 Å². The largest absolute Gasteiger partial charge is 0.457 e. The van der Waals surface area contributed by atoms with Crippen LogP contribution in [-0.4, -0.2) is 16.9 Å². The zero-order valence-electron chi connectivity index (χ0n) is 15.0. The summed E-state index contributed by atoms with van der Waals surface area (Å²) in [6, 6.07) is 19.0. The van der Waals surface area contributed by atoms with E-state index in [0.29, 0.717) is 27.9 Å². The Morgan fingerprint density at radius 3 is 2.29 bits per heavy atom. The molecule has 28 heavy (non-hydrogen) atoms. The molecular formula is C21H17ClN4O2. The van der Waals surface area contributed by atoms with Crippen LogP contribution in [0.15, 0.2) is 66.9 Å². The summed E-state index contributed by atoms with van der Waals surface area (Å²) >= 11 is 5.78. The average Bonchev–Trinajstić information content (AvgIpc) is 2.71. The second kappa shape index (κ2) is 8.89. The van der Waals surface area contributed by atoms with Crippen molar-refractivity contribution in [3.8, 4) is 17.6 Å². The van der Waals surface area contributed by atoms with E-state index in [1.807, 2.05) is 12.1 Å². The SMILES string of the molecule is CC(Nc1ccc(Oc2ccc(C#N)cc2)cc1)C(=O)Nc1ccc(Cl)cn1. The number of nitriles is 1. The van der Waals surface area contributed by atoms with E-state index in [2.05, 4.69) is 21.7 Å². The molecule has 1 unspecified atom stereocenters. The van der Waals surface area contributed by atoms with Gasteiger partial charge >= 0.3 is 0 Å². The molecule has 140 valence electrons. The molecule has 1 heterocycles. The summed E-state index contributed by atoms with van der Waals surface area (Å²) in [6.07, 6.45) is 1.47. The molecular weight excluding hydrogens is 376 g/mol. The van der Waals surface area contributed by atoms with E-state index < -0.39 is 6.04 Å². The van der Waals surface area contributed by atoms with Gasteiger partial charge in [-0.15, -0.1) is 0 Å². The molecule has 0 spiro atoms. The lowest BCUT2D eigenvalue weighted by molar-refractivity contribution is -0.116. The highest BCUT2D eigenvalue weighted by atomic mass is 35.5. The third-order valence-corrected chi connectivity index (χ3v) is 4.05. The van der Waals surface area contributed by atoms with Crippen LogP contribution in [0.1, 0.15) is 12.5 Å². The fourth-order valence-corrected chi connectivity index (χ4v) is 2.46. The molecule has 2 aromatic carbocycles. The number of halogens is 1. The van der Waals surface area contributed by atoms with E-state index in [1.165, 1.54) is 6.20 Å². The summed E-state index contributed by atoms with van der Waals surface area (Å²) in [4.78, 5) is 16.3. The Morgan fingerprint density at radius 1 is 1.07 bits per heavy atom. The highest BCUT2D eigenvalue weighted by molar-refractivity contribution is 6.30. The molecule has 1 atom stereocenters. The summed E-state index contributed by atoms with van der Waals surface area (Å²) in [5.41, 5.74) is 1.35. The van der Waals surface area contributed by atoms with Crippen molar-refractivity contribution in [2.75, 3.05) is 10.6 Å². The van der Waals surface area contributed by atoms with Crippen LogP contribution in [0.5, 0.6) is 11.5 Å². The van der Waals surface area contributed by atoms with Gasteiger partial charge in [0.15, 0.2) is 0 Å². The minimum atomic E-state index is -0.470. The zero-order valence-corrected chi connectivity index (χ0v) is 15.8. The summed E-state index contributed by atoms with van der Waals surface area (Å²) in [5, 5.41) is 15.2. The molecule has 1 amide bonds. The summed E-state index contributed by atoms with van der Waals surface area (Å²) in [6.45, 7) is 1.76. The first-order valence-electron chi connectivity index (χ1n) is 8.50. The molecule has 7 heteroatoms. The molecule has 0 bridgehead atoms. The van der Waals surface area contributed by atoms with Crippen LogP contribution in [0.2, 0.25) is 5.02 Å². The number of amides is 1. The van der Waals surface area contributed by atoms with E-state index in [-0.39, 0.29) is 5.91 Å². The molecule has 0 aliphatic heterocycles. The maximum absolute atomic E-state index is 12.3. The smallest absolute Gasteiger partial charge is 0.247 e. The lowest BCUT2D eigenvalue weighted by Crippen LogP contribution is -2.32. The number of carbonyl (C=O) groups excluding carboxylic acids is 1. The first-order chi connectivity index (χ1) is 13.5. The lowest BCUT2D eigenvalue weighted by atomic mass is 10.2. The lowest BCUT2D eigenvalue weighted by Gasteiger charge is -2.15. The Balaban J connectivity index is 1.56. The fraction of sp³-hybridized carbons (Fsp3) is 0.0952. The fourth-order valence-electron chi connectivity index (χ4n) is 2.35. The van der Waals surface area contributed by atoms with Gasteiger partial charge in [-0.1, -0.05) is 11.6 Å². The normalized spacial score (nSPS) is 11.2. The van der Waals surface area contributed by atoms with Crippen molar-refractivity contribution < 1.29 is 9.53 Å². The van der Waals surface area contributed by atoms with Crippen molar-refractivity contribution in [3.05, 3.63) is 77.4 Å². The highest BCUT2D eigenvalue weighted by Gasteiger charge is 2.13. The standard InChI is InChI=1S/C21H17ClN4O2/c1-14(21(27)26-20-11-4-16(22)13-24-20)25-17-5-9-19(10-6-17)28-18-7-2-15(12-23)3-8-18/h2-11,13-14,25H,1H3,(H,24,26,27). The van der Waals surface area contributed by atoms with Gasteiger partial charge in [0.1, 0.15) is 23.4 Å². The molecule has 0 radical (unpaired) electrons. The number of ether oxygens (including phenoxy) is 1. The van der Waals surface area contributed by atoms with Gasteiger partial charge in [0.25, 0.3) is 0 Å². The van der Waals surface area contributed by atoms with E-state index in [9.17, 15) is 4.79 Å². The minimum Gasteiger partial charge on any atom is -0.457 e. The van der Waals surface area contributed by atoms with Gasteiger partial charge in [0.2, 0.25) is 5.91 Å². The Kier molecular flexibility index (Phi) is 6.10. The van der Waals surface area contributed by atoms with Gasteiger partial charge in [-0.3, -0.25) is 4.79 Å². The Hall–Kier alpha value is -3.56. The summed E-state index contributed by atoms with van der Waals surface area (Å²) in [7, 11) is 0. The Morgan fingerprint density at radius 2 is 1.71 bits per heavy atom. The van der Waals surface area contributed by atoms with Crippen molar-refractivity contribution in [1.82, 2.24) is 4.98 Å². The minimum absolute atomic E-state index is 0.215. The molecule has 3 rings (SSSR count). The Bertz CT molecular complexity index is 981. The molecule has 6 nitrogen and oxygen atoms in total. The molecule has 1 aromatic heterocycles. The predicted molar refractivity (Wildman–Crippen MR) is 109 cm³/mol. The number of nitrogens with one attached hydrogen (secondary N) is 2. The third-order valence-electron chi connectivity index (χ3n) is 3.83. The number of rotatable bonds is 6. The first-order valence-corrected chi connectivity index (χ1v) is 8.88. The van der Waals surface area contributed by atoms with E-state index in [0.717, 1.165) is 5.69 Å². The second-order valence-corrected chi connectivity index (χ2v) is 6.42. The number of hydrogen-bond donors (Lipinski definition) is 2. The molecule has 0 saturated heterocycles. The monoisotopic (exact) mass is 392 g/mol. The van der Waals surface area contributed by atoms with Crippen LogP contribution in [0.25, 0.3) is 0 Å². The topological polar surface area (TPSA) is 87.0 Å². The Labute approximate surface area is 167 Å². The number of nitrogens with zero attached hydrogens (tertiary/aromatic N) is 2. The number of anilines is 2. The van der Waals surface area contributed by atoms with Gasteiger partial charge in [-0.2, -0.15) is 5.26 Å². The molecule has 2 N–H and O–H groups in total.